The second kappa shape index (κ2) is 10.7. The van der Waals surface area contributed by atoms with Crippen LogP contribution in [0.5, 0.6) is 0 Å². The van der Waals surface area contributed by atoms with Gasteiger partial charge in [-0.2, -0.15) is 0 Å². The van der Waals surface area contributed by atoms with E-state index in [0.29, 0.717) is 18.4 Å². The average molecular weight is 513 g/mol. The van der Waals surface area contributed by atoms with Gasteiger partial charge in [0.1, 0.15) is 17.2 Å². The maximum absolute atomic E-state index is 13.5. The van der Waals surface area contributed by atoms with Gasteiger partial charge in [0.15, 0.2) is 0 Å². The van der Waals surface area contributed by atoms with Gasteiger partial charge in [-0.1, -0.05) is 71.9 Å². The molecule has 196 valence electrons. The summed E-state index contributed by atoms with van der Waals surface area (Å²) in [5.41, 5.74) is 9.23. The minimum absolute atomic E-state index is 0.00145. The molecule has 1 aliphatic rings. The molecule has 3 aromatic carbocycles. The second-order valence-electron chi connectivity index (χ2n) is 9.97. The lowest BCUT2D eigenvalue weighted by atomic mass is 9.91. The molecule has 0 aliphatic carbocycles. The molecule has 1 saturated heterocycles. The highest BCUT2D eigenvalue weighted by Crippen LogP contribution is 2.36. The minimum atomic E-state index is -1.35. The Bertz CT molecular complexity index is 1420. The predicted octanol–water partition coefficient (Wildman–Crippen LogP) is 2.03. The standard InChI is InChI=1S/C29H32N6O3/c1-34-25-15-13-21(16-24(25)32-33-34)18-31-27(36)26-17-29(38,22-10-6-3-7-11-22)19-35(26)28(37)23(30)14-12-20-8-4-2-5-9-20/h2-11,13,15-16,23,26,38H,12,14,17-19,30H2,1H3,(H,31,36)/t23-,26+,29+/m1/s1. The van der Waals surface area contributed by atoms with E-state index in [-0.39, 0.29) is 31.3 Å². The van der Waals surface area contributed by atoms with Crippen LogP contribution in [0.2, 0.25) is 0 Å². The Balaban J connectivity index is 1.32. The highest BCUT2D eigenvalue weighted by molar-refractivity contribution is 5.90. The highest BCUT2D eigenvalue weighted by Gasteiger charge is 2.49. The fourth-order valence-corrected chi connectivity index (χ4v) is 5.12. The van der Waals surface area contributed by atoms with Gasteiger partial charge in [-0.3, -0.25) is 9.59 Å². The van der Waals surface area contributed by atoms with Gasteiger partial charge in [0.25, 0.3) is 0 Å². The molecule has 0 bridgehead atoms. The van der Waals surface area contributed by atoms with Crippen molar-refractivity contribution >= 4 is 22.8 Å². The van der Waals surface area contributed by atoms with E-state index in [1.54, 1.807) is 4.68 Å². The molecular weight excluding hydrogens is 480 g/mol. The van der Waals surface area contributed by atoms with Crippen LogP contribution >= 0.6 is 0 Å². The van der Waals surface area contributed by atoms with Crippen LogP contribution in [0.4, 0.5) is 0 Å². The number of β-amino-alcohol motifs (C(OH)–C–C–N with tert-alkyl or cyclic N) is 1. The molecule has 1 aromatic heterocycles. The second-order valence-corrected chi connectivity index (χ2v) is 9.97. The van der Waals surface area contributed by atoms with E-state index in [1.165, 1.54) is 4.90 Å². The first-order chi connectivity index (χ1) is 18.3. The molecule has 2 amide bonds. The average Bonchev–Trinajstić information content (AvgIpc) is 3.51. The van der Waals surface area contributed by atoms with E-state index < -0.39 is 17.7 Å². The molecule has 1 fully saturated rings. The van der Waals surface area contributed by atoms with E-state index in [1.807, 2.05) is 85.9 Å². The summed E-state index contributed by atoms with van der Waals surface area (Å²) in [7, 11) is 1.82. The van der Waals surface area contributed by atoms with Crippen molar-refractivity contribution in [2.75, 3.05) is 6.54 Å². The van der Waals surface area contributed by atoms with Crippen molar-refractivity contribution in [2.24, 2.45) is 12.8 Å². The number of benzene rings is 3. The van der Waals surface area contributed by atoms with Crippen LogP contribution in [0.25, 0.3) is 11.0 Å². The smallest absolute Gasteiger partial charge is 0.243 e. The number of likely N-dealkylation sites (tertiary alicyclic amines) is 1. The van der Waals surface area contributed by atoms with Gasteiger partial charge in [-0.15, -0.1) is 5.10 Å². The summed E-state index contributed by atoms with van der Waals surface area (Å²) >= 11 is 0. The molecule has 5 rings (SSSR count). The summed E-state index contributed by atoms with van der Waals surface area (Å²) in [6.07, 6.45) is 1.17. The van der Waals surface area contributed by atoms with E-state index in [2.05, 4.69) is 15.6 Å². The third kappa shape index (κ3) is 5.29. The number of amides is 2. The molecule has 38 heavy (non-hydrogen) atoms. The molecule has 3 atom stereocenters. The van der Waals surface area contributed by atoms with Gasteiger partial charge in [0, 0.05) is 20.0 Å². The number of aromatic nitrogens is 3. The van der Waals surface area contributed by atoms with E-state index in [9.17, 15) is 14.7 Å². The fourth-order valence-electron chi connectivity index (χ4n) is 5.12. The first-order valence-corrected chi connectivity index (χ1v) is 12.8. The third-order valence-corrected chi connectivity index (χ3v) is 7.28. The van der Waals surface area contributed by atoms with Gasteiger partial charge < -0.3 is 21.1 Å². The quantitative estimate of drug-likeness (QED) is 0.332. The van der Waals surface area contributed by atoms with Gasteiger partial charge in [0.2, 0.25) is 11.8 Å². The van der Waals surface area contributed by atoms with Crippen LogP contribution in [0.15, 0.2) is 78.9 Å². The lowest BCUT2D eigenvalue weighted by Crippen LogP contribution is -2.51. The van der Waals surface area contributed by atoms with E-state index in [0.717, 1.165) is 22.2 Å². The van der Waals surface area contributed by atoms with E-state index in [4.69, 9.17) is 5.73 Å². The van der Waals surface area contributed by atoms with Crippen molar-refractivity contribution in [1.29, 1.82) is 0 Å². The molecule has 2 heterocycles. The number of carbonyl (C=O) groups excluding carboxylic acids is 2. The Morgan fingerprint density at radius 2 is 1.79 bits per heavy atom. The summed E-state index contributed by atoms with van der Waals surface area (Å²) in [6, 6.07) is 23.0. The summed E-state index contributed by atoms with van der Waals surface area (Å²) in [5.74, 6) is -0.673. The van der Waals surface area contributed by atoms with Gasteiger partial charge in [-0.05, 0) is 41.7 Å². The normalized spacial score (nSPS) is 20.0. The predicted molar refractivity (Wildman–Crippen MR) is 144 cm³/mol. The van der Waals surface area contributed by atoms with Crippen molar-refractivity contribution in [3.8, 4) is 0 Å². The summed E-state index contributed by atoms with van der Waals surface area (Å²) in [5, 5.41) is 22.7. The van der Waals surface area contributed by atoms with Crippen molar-refractivity contribution in [3.63, 3.8) is 0 Å². The molecule has 0 radical (unpaired) electrons. The zero-order valence-electron chi connectivity index (χ0n) is 21.3. The first kappa shape index (κ1) is 25.6. The van der Waals surface area contributed by atoms with Gasteiger partial charge >= 0.3 is 0 Å². The number of carbonyl (C=O) groups is 2. The summed E-state index contributed by atoms with van der Waals surface area (Å²) < 4.78 is 1.69. The van der Waals surface area contributed by atoms with Crippen LogP contribution in [0.3, 0.4) is 0 Å². The maximum Gasteiger partial charge on any atom is 0.243 e. The molecule has 4 aromatic rings. The zero-order chi connectivity index (χ0) is 26.7. The van der Waals surface area contributed by atoms with Crippen molar-refractivity contribution < 1.29 is 14.7 Å². The molecule has 4 N–H and O–H groups in total. The molecular formula is C29H32N6O3. The van der Waals surface area contributed by atoms with Crippen molar-refractivity contribution in [3.05, 3.63) is 95.6 Å². The van der Waals surface area contributed by atoms with Crippen LogP contribution in [0, 0.1) is 0 Å². The number of rotatable bonds is 8. The van der Waals surface area contributed by atoms with Crippen LogP contribution in [-0.2, 0) is 35.2 Å². The lowest BCUT2D eigenvalue weighted by Gasteiger charge is -2.27. The Morgan fingerprint density at radius 3 is 2.53 bits per heavy atom. The number of hydrogen-bond acceptors (Lipinski definition) is 6. The molecule has 1 aliphatic heterocycles. The molecule has 9 nitrogen and oxygen atoms in total. The van der Waals surface area contributed by atoms with E-state index >= 15 is 0 Å². The molecule has 0 saturated carbocycles. The highest BCUT2D eigenvalue weighted by atomic mass is 16.3. The van der Waals surface area contributed by atoms with Crippen LogP contribution < -0.4 is 11.1 Å². The Morgan fingerprint density at radius 1 is 1.08 bits per heavy atom. The van der Waals surface area contributed by atoms with Crippen LogP contribution in [-0.4, -0.2) is 55.4 Å². The Hall–Kier alpha value is -4.08. The molecule has 0 unspecified atom stereocenters. The number of aryl methyl sites for hydroxylation is 2. The fraction of sp³-hybridized carbons (Fsp3) is 0.310. The number of nitrogens with two attached hydrogens (primary N) is 1. The first-order valence-electron chi connectivity index (χ1n) is 12.8. The summed E-state index contributed by atoms with van der Waals surface area (Å²) in [6.45, 7) is 0.256. The number of nitrogens with one attached hydrogen (secondary N) is 1. The van der Waals surface area contributed by atoms with Crippen molar-refractivity contribution in [2.45, 2.75) is 43.5 Å². The minimum Gasteiger partial charge on any atom is -0.383 e. The number of nitrogens with zero attached hydrogens (tertiary/aromatic N) is 4. The molecule has 9 heteroatoms. The van der Waals surface area contributed by atoms with Gasteiger partial charge in [-0.25, -0.2) is 4.68 Å². The third-order valence-electron chi connectivity index (χ3n) is 7.28. The lowest BCUT2D eigenvalue weighted by molar-refractivity contribution is -0.139. The Labute approximate surface area is 221 Å². The SMILES string of the molecule is Cn1nnc2cc(CNC(=O)[C@@H]3C[C@@](O)(c4ccccc4)CN3C(=O)[C@H](N)CCc3ccccc3)ccc21. The van der Waals surface area contributed by atoms with Crippen LogP contribution in [0.1, 0.15) is 29.5 Å². The summed E-state index contributed by atoms with van der Waals surface area (Å²) in [4.78, 5) is 28.4. The Kier molecular flexibility index (Phi) is 7.22. The number of aliphatic hydroxyl groups is 1. The maximum atomic E-state index is 13.5. The topological polar surface area (TPSA) is 126 Å². The monoisotopic (exact) mass is 512 g/mol. The number of hydrogen-bond donors (Lipinski definition) is 3. The van der Waals surface area contributed by atoms with Crippen molar-refractivity contribution in [1.82, 2.24) is 25.2 Å². The number of fused-ring (bicyclic) bond motifs is 1. The largest absolute Gasteiger partial charge is 0.383 e. The zero-order valence-corrected chi connectivity index (χ0v) is 21.3. The molecule has 0 spiro atoms. The van der Waals surface area contributed by atoms with Gasteiger partial charge in [0.05, 0.1) is 18.1 Å².